The van der Waals surface area contributed by atoms with E-state index in [1.54, 1.807) is 6.07 Å². The van der Waals surface area contributed by atoms with E-state index in [1.165, 1.54) is 5.56 Å². The number of anilines is 1. The topological polar surface area (TPSA) is 76.8 Å². The molecule has 0 aliphatic heterocycles. The zero-order valence-corrected chi connectivity index (χ0v) is 14.2. The second-order valence-electron chi connectivity index (χ2n) is 5.77. The van der Waals surface area contributed by atoms with Gasteiger partial charge in [-0.3, -0.25) is 0 Å². The van der Waals surface area contributed by atoms with Crippen molar-refractivity contribution in [3.63, 3.8) is 0 Å². The van der Waals surface area contributed by atoms with E-state index in [1.807, 2.05) is 55.5 Å². The van der Waals surface area contributed by atoms with Crippen LogP contribution in [0.5, 0.6) is 11.8 Å². The number of pyridine rings is 1. The van der Waals surface area contributed by atoms with Crippen molar-refractivity contribution in [3.8, 4) is 23.0 Å². The van der Waals surface area contributed by atoms with E-state index in [0.717, 1.165) is 5.56 Å². The molecule has 5 nitrogen and oxygen atoms in total. The van der Waals surface area contributed by atoms with Gasteiger partial charge < -0.3 is 15.5 Å². The Bertz CT molecular complexity index is 1040. The summed E-state index contributed by atoms with van der Waals surface area (Å²) >= 11 is 6.38. The molecule has 0 atom stereocenters. The fourth-order valence-corrected chi connectivity index (χ4v) is 2.77. The molecule has 25 heavy (non-hydrogen) atoms. The van der Waals surface area contributed by atoms with Crippen molar-refractivity contribution >= 4 is 28.5 Å². The fraction of sp³-hybridized carbons (Fsp3) is 0.0526. The summed E-state index contributed by atoms with van der Waals surface area (Å²) in [4.78, 5) is 12.0. The largest absolute Gasteiger partial charge is 0.426 e. The SMILES string of the molecule is Cc1ccc(Oc2nc3nc(-c4ccc(N)cc4)c(Cl)cc3[nH]2)cc1. The van der Waals surface area contributed by atoms with Gasteiger partial charge in [0.15, 0.2) is 5.65 Å². The minimum atomic E-state index is 0.372. The number of rotatable bonds is 3. The van der Waals surface area contributed by atoms with Gasteiger partial charge in [0.05, 0.1) is 16.2 Å². The molecule has 0 fully saturated rings. The number of fused-ring (bicyclic) bond motifs is 1. The average molecular weight is 351 g/mol. The Morgan fingerprint density at radius 1 is 1.00 bits per heavy atom. The summed E-state index contributed by atoms with van der Waals surface area (Å²) in [7, 11) is 0. The molecule has 0 spiro atoms. The van der Waals surface area contributed by atoms with Gasteiger partial charge in [0.2, 0.25) is 0 Å². The quantitative estimate of drug-likeness (QED) is 0.512. The molecule has 0 amide bonds. The number of aromatic amines is 1. The maximum Gasteiger partial charge on any atom is 0.301 e. The highest BCUT2D eigenvalue weighted by molar-refractivity contribution is 6.33. The number of nitrogens with two attached hydrogens (primary N) is 1. The molecule has 2 aromatic heterocycles. The summed E-state index contributed by atoms with van der Waals surface area (Å²) in [6.07, 6.45) is 0. The van der Waals surface area contributed by atoms with Crippen LogP contribution in [-0.2, 0) is 0 Å². The minimum Gasteiger partial charge on any atom is -0.426 e. The molecular weight excluding hydrogens is 336 g/mol. The van der Waals surface area contributed by atoms with Gasteiger partial charge in [0, 0.05) is 11.3 Å². The first-order valence-electron chi connectivity index (χ1n) is 7.75. The number of ether oxygens (including phenoxy) is 1. The molecule has 0 saturated heterocycles. The van der Waals surface area contributed by atoms with Crippen molar-refractivity contribution in [1.29, 1.82) is 0 Å². The van der Waals surface area contributed by atoms with Crippen molar-refractivity contribution in [2.24, 2.45) is 0 Å². The third kappa shape index (κ3) is 3.14. The van der Waals surface area contributed by atoms with Crippen molar-refractivity contribution in [3.05, 3.63) is 65.2 Å². The van der Waals surface area contributed by atoms with Crippen molar-refractivity contribution < 1.29 is 4.74 Å². The van der Waals surface area contributed by atoms with E-state index in [-0.39, 0.29) is 0 Å². The molecule has 0 aliphatic rings. The summed E-state index contributed by atoms with van der Waals surface area (Å²) in [5, 5.41) is 0.530. The second kappa shape index (κ2) is 6.11. The zero-order chi connectivity index (χ0) is 17.4. The molecule has 6 heteroatoms. The Balaban J connectivity index is 1.71. The normalized spacial score (nSPS) is 11.0. The molecule has 0 bridgehead atoms. The highest BCUT2D eigenvalue weighted by Crippen LogP contribution is 2.30. The van der Waals surface area contributed by atoms with Crippen LogP contribution >= 0.6 is 11.6 Å². The van der Waals surface area contributed by atoms with Crippen LogP contribution in [0.25, 0.3) is 22.4 Å². The number of nitrogens with zero attached hydrogens (tertiary/aromatic N) is 2. The molecule has 0 unspecified atom stereocenters. The van der Waals surface area contributed by atoms with Crippen molar-refractivity contribution in [2.75, 3.05) is 5.73 Å². The van der Waals surface area contributed by atoms with E-state index in [9.17, 15) is 0 Å². The zero-order valence-electron chi connectivity index (χ0n) is 13.5. The van der Waals surface area contributed by atoms with Gasteiger partial charge in [-0.05, 0) is 37.3 Å². The number of hydrogen-bond donors (Lipinski definition) is 2. The van der Waals surface area contributed by atoms with Gasteiger partial charge in [-0.25, -0.2) is 4.98 Å². The summed E-state index contributed by atoms with van der Waals surface area (Å²) in [6, 6.07) is 17.3. The predicted octanol–water partition coefficient (Wildman–Crippen LogP) is 4.96. The molecule has 124 valence electrons. The number of nitrogen functional groups attached to an aromatic ring is 1. The Labute approximate surface area is 149 Å². The molecule has 4 rings (SSSR count). The lowest BCUT2D eigenvalue weighted by atomic mass is 10.1. The number of H-pyrrole nitrogens is 1. The van der Waals surface area contributed by atoms with Crippen LogP contribution < -0.4 is 10.5 Å². The van der Waals surface area contributed by atoms with Crippen LogP contribution in [0.3, 0.4) is 0 Å². The number of halogens is 1. The maximum absolute atomic E-state index is 6.38. The Morgan fingerprint density at radius 2 is 1.72 bits per heavy atom. The smallest absolute Gasteiger partial charge is 0.301 e. The maximum atomic E-state index is 6.38. The predicted molar refractivity (Wildman–Crippen MR) is 100 cm³/mol. The van der Waals surface area contributed by atoms with Gasteiger partial charge in [0.1, 0.15) is 5.75 Å². The van der Waals surface area contributed by atoms with Gasteiger partial charge in [-0.15, -0.1) is 0 Å². The Kier molecular flexibility index (Phi) is 3.78. The van der Waals surface area contributed by atoms with Crippen LogP contribution in [0, 0.1) is 6.92 Å². The van der Waals surface area contributed by atoms with Gasteiger partial charge in [-0.1, -0.05) is 41.4 Å². The number of benzene rings is 2. The minimum absolute atomic E-state index is 0.372. The van der Waals surface area contributed by atoms with Crippen molar-refractivity contribution in [2.45, 2.75) is 6.92 Å². The summed E-state index contributed by atoms with van der Waals surface area (Å²) < 4.78 is 5.75. The summed E-state index contributed by atoms with van der Waals surface area (Å²) in [5.41, 5.74) is 10.4. The van der Waals surface area contributed by atoms with Crippen LogP contribution in [-0.4, -0.2) is 15.0 Å². The van der Waals surface area contributed by atoms with Crippen LogP contribution in [0.15, 0.2) is 54.6 Å². The highest BCUT2D eigenvalue weighted by Gasteiger charge is 2.12. The molecule has 0 aliphatic carbocycles. The highest BCUT2D eigenvalue weighted by atomic mass is 35.5. The third-order valence-electron chi connectivity index (χ3n) is 3.82. The van der Waals surface area contributed by atoms with E-state index in [0.29, 0.717) is 39.3 Å². The second-order valence-corrected chi connectivity index (χ2v) is 6.18. The fourth-order valence-electron chi connectivity index (χ4n) is 2.51. The first kappa shape index (κ1) is 15.5. The molecule has 2 heterocycles. The van der Waals surface area contributed by atoms with E-state index in [2.05, 4.69) is 15.0 Å². The summed E-state index contributed by atoms with van der Waals surface area (Å²) in [6.45, 7) is 2.02. The molecular formula is C19H15ClN4O. The summed E-state index contributed by atoms with van der Waals surface area (Å²) in [5.74, 6) is 0.703. The van der Waals surface area contributed by atoms with Gasteiger partial charge in [0.25, 0.3) is 0 Å². The molecule has 0 radical (unpaired) electrons. The Morgan fingerprint density at radius 3 is 2.44 bits per heavy atom. The molecule has 4 aromatic rings. The number of aryl methyl sites for hydroxylation is 1. The number of nitrogens with one attached hydrogen (secondary N) is 1. The third-order valence-corrected chi connectivity index (χ3v) is 4.11. The first-order chi connectivity index (χ1) is 12.1. The lowest BCUT2D eigenvalue weighted by molar-refractivity contribution is 0.449. The number of imidazole rings is 1. The van der Waals surface area contributed by atoms with E-state index in [4.69, 9.17) is 22.1 Å². The molecule has 3 N–H and O–H groups in total. The number of aromatic nitrogens is 3. The lowest BCUT2D eigenvalue weighted by Gasteiger charge is -2.03. The first-order valence-corrected chi connectivity index (χ1v) is 8.13. The Hall–Kier alpha value is -3.05. The van der Waals surface area contributed by atoms with Crippen molar-refractivity contribution in [1.82, 2.24) is 15.0 Å². The average Bonchev–Trinajstić information content (AvgIpc) is 2.98. The van der Waals surface area contributed by atoms with Crippen LogP contribution in [0.2, 0.25) is 5.02 Å². The van der Waals surface area contributed by atoms with E-state index >= 15 is 0 Å². The van der Waals surface area contributed by atoms with Crippen LogP contribution in [0.4, 0.5) is 5.69 Å². The lowest BCUT2D eigenvalue weighted by Crippen LogP contribution is -1.89. The van der Waals surface area contributed by atoms with Gasteiger partial charge in [-0.2, -0.15) is 4.98 Å². The molecule has 0 saturated carbocycles. The number of hydrogen-bond acceptors (Lipinski definition) is 4. The van der Waals surface area contributed by atoms with E-state index < -0.39 is 0 Å². The standard InChI is InChI=1S/C19H15ClN4O/c1-11-2-8-14(9-3-11)25-19-22-16-10-15(20)17(23-18(16)24-19)12-4-6-13(21)7-5-12/h2-10H,21H2,1H3,(H,22,23,24). The van der Waals surface area contributed by atoms with Gasteiger partial charge >= 0.3 is 6.01 Å². The van der Waals surface area contributed by atoms with Crippen LogP contribution in [0.1, 0.15) is 5.56 Å². The molecule has 2 aromatic carbocycles. The monoisotopic (exact) mass is 350 g/mol.